The van der Waals surface area contributed by atoms with Gasteiger partial charge in [0.1, 0.15) is 61.1 Å². The molecule has 26 heteroatoms. The molecule has 2 rings (SSSR count). The van der Waals surface area contributed by atoms with Crippen molar-refractivity contribution >= 4 is 64.4 Å². The number of amides is 6. The van der Waals surface area contributed by atoms with Crippen molar-refractivity contribution in [3.05, 3.63) is 0 Å². The molecule has 2 saturated heterocycles. The van der Waals surface area contributed by atoms with E-state index in [1.807, 2.05) is 0 Å². The minimum absolute atomic E-state index is 0.0316. The second-order valence-corrected chi connectivity index (χ2v) is 15.5. The number of hydrogen-bond acceptors (Lipinski definition) is 20. The van der Waals surface area contributed by atoms with Gasteiger partial charge in [-0.2, -0.15) is 0 Å². The number of ether oxygens (including phenoxy) is 3. The quantitative estimate of drug-likeness (QED) is 0.0347. The first-order valence-electron chi connectivity index (χ1n) is 20.6. The third-order valence-corrected chi connectivity index (χ3v) is 9.98. The third-order valence-electron chi connectivity index (χ3n) is 9.98. The zero-order valence-electron chi connectivity index (χ0n) is 36.1. The summed E-state index contributed by atoms with van der Waals surface area (Å²) in [6, 6.07) is -2.87. The van der Waals surface area contributed by atoms with Gasteiger partial charge in [0, 0.05) is 65.2 Å². The summed E-state index contributed by atoms with van der Waals surface area (Å²) in [4.78, 5) is 135. The molecule has 0 saturated carbocycles. The van der Waals surface area contributed by atoms with Crippen molar-refractivity contribution in [2.45, 2.75) is 133 Å². The van der Waals surface area contributed by atoms with E-state index in [2.05, 4.69) is 31.9 Å². The van der Waals surface area contributed by atoms with Gasteiger partial charge in [-0.05, 0) is 6.92 Å². The summed E-state index contributed by atoms with van der Waals surface area (Å²) < 4.78 is 16.4. The topological polar surface area (TPSA) is 409 Å². The largest absolute Gasteiger partial charge is 0.394 e. The van der Waals surface area contributed by atoms with Crippen molar-refractivity contribution in [2.24, 2.45) is 5.92 Å². The molecule has 2 heterocycles. The third kappa shape index (κ3) is 19.8. The maximum Gasteiger partial charge on any atom is 0.224 e. The molecule has 0 aromatic rings. The summed E-state index contributed by atoms with van der Waals surface area (Å²) in [6.45, 7) is -0.471. The first-order chi connectivity index (χ1) is 30.6. The second kappa shape index (κ2) is 28.0. The SMILES string of the molecule is CC(=O)CCC(=O)CNC(=O)CCC(=O)CNC(=O)CCC(=O)CNC(=O)[C@@H](CC(=O)COC1OC(CO)C(O)C(O)C1NC(C)=O)CC(=O)NC1OC(CO)C(O)C(O)C1NC(C)=O. The summed E-state index contributed by atoms with van der Waals surface area (Å²) in [6.07, 6.45) is -15.8. The number of carbonyl (C=O) groups is 11. The molecule has 2 aliphatic heterocycles. The van der Waals surface area contributed by atoms with E-state index in [9.17, 15) is 83.4 Å². The molecular weight excluding hydrogens is 872 g/mol. The Morgan fingerprint density at radius 1 is 0.523 bits per heavy atom. The number of nitrogens with one attached hydrogen (secondary N) is 6. The van der Waals surface area contributed by atoms with Gasteiger partial charge in [-0.15, -0.1) is 0 Å². The molecule has 0 aromatic carbocycles. The van der Waals surface area contributed by atoms with Crippen LogP contribution < -0.4 is 31.9 Å². The lowest BCUT2D eigenvalue weighted by molar-refractivity contribution is -0.268. The van der Waals surface area contributed by atoms with E-state index >= 15 is 0 Å². The van der Waals surface area contributed by atoms with Gasteiger partial charge in [0.25, 0.3) is 0 Å². The average molecular weight is 933 g/mol. The van der Waals surface area contributed by atoms with Gasteiger partial charge in [0.15, 0.2) is 35.7 Å². The molecule has 12 N–H and O–H groups in total. The molecule has 0 spiro atoms. The van der Waals surface area contributed by atoms with Crippen LogP contribution in [0.15, 0.2) is 0 Å². The number of aliphatic hydroxyl groups is 6. The molecule has 2 fully saturated rings. The predicted molar refractivity (Wildman–Crippen MR) is 215 cm³/mol. The summed E-state index contributed by atoms with van der Waals surface area (Å²) >= 11 is 0. The van der Waals surface area contributed by atoms with Crippen molar-refractivity contribution in [2.75, 3.05) is 39.5 Å². The van der Waals surface area contributed by atoms with Crippen LogP contribution in [0.5, 0.6) is 0 Å². The van der Waals surface area contributed by atoms with Crippen LogP contribution in [0.3, 0.4) is 0 Å². The minimum Gasteiger partial charge on any atom is -0.394 e. The molecule has 0 bridgehead atoms. The summed E-state index contributed by atoms with van der Waals surface area (Å²) in [5, 5.41) is 74.7. The molecule has 65 heavy (non-hydrogen) atoms. The molecule has 366 valence electrons. The van der Waals surface area contributed by atoms with E-state index < -0.39 is 179 Å². The number of Topliss-reactive ketones (excluding diaryl/α,β-unsaturated/α-hetero) is 5. The van der Waals surface area contributed by atoms with Crippen molar-refractivity contribution < 1.29 is 97.6 Å². The molecule has 10 unspecified atom stereocenters. The molecule has 0 aromatic heterocycles. The zero-order chi connectivity index (χ0) is 49.0. The Bertz CT molecular complexity index is 1730. The van der Waals surface area contributed by atoms with Crippen LogP contribution in [-0.4, -0.2) is 196 Å². The highest BCUT2D eigenvalue weighted by Crippen LogP contribution is 2.24. The van der Waals surface area contributed by atoms with Crippen LogP contribution in [0, 0.1) is 5.92 Å². The smallest absolute Gasteiger partial charge is 0.224 e. The summed E-state index contributed by atoms with van der Waals surface area (Å²) in [5.41, 5.74) is 0. The Hall–Kier alpha value is -5.19. The second-order valence-electron chi connectivity index (χ2n) is 15.5. The highest BCUT2D eigenvalue weighted by atomic mass is 16.7. The van der Waals surface area contributed by atoms with Gasteiger partial charge in [-0.1, -0.05) is 0 Å². The monoisotopic (exact) mass is 932 g/mol. The fourth-order valence-electron chi connectivity index (χ4n) is 6.44. The van der Waals surface area contributed by atoms with Crippen molar-refractivity contribution in [1.82, 2.24) is 31.9 Å². The number of ketones is 5. The van der Waals surface area contributed by atoms with Crippen molar-refractivity contribution in [3.63, 3.8) is 0 Å². The van der Waals surface area contributed by atoms with E-state index in [-0.39, 0.29) is 43.8 Å². The summed E-state index contributed by atoms with van der Waals surface area (Å²) in [7, 11) is 0. The Labute approximate surface area is 372 Å². The Balaban J connectivity index is 2.05. The number of rotatable bonds is 28. The van der Waals surface area contributed by atoms with E-state index in [0.717, 1.165) is 13.8 Å². The fourth-order valence-corrected chi connectivity index (χ4v) is 6.44. The lowest BCUT2D eigenvalue weighted by Crippen LogP contribution is -2.68. The molecule has 0 aliphatic carbocycles. The maximum absolute atomic E-state index is 13.4. The first kappa shape index (κ1) is 55.9. The lowest BCUT2D eigenvalue weighted by Gasteiger charge is -2.42. The fraction of sp³-hybridized carbons (Fsp3) is 0.718. The Morgan fingerprint density at radius 2 is 0.985 bits per heavy atom. The van der Waals surface area contributed by atoms with Gasteiger partial charge >= 0.3 is 0 Å². The molecule has 6 amide bonds. The summed E-state index contributed by atoms with van der Waals surface area (Å²) in [5.74, 6) is -8.96. The Kier molecular flexibility index (Phi) is 24.1. The van der Waals surface area contributed by atoms with Crippen molar-refractivity contribution in [1.29, 1.82) is 0 Å². The normalized spacial score (nSPS) is 25.5. The highest BCUT2D eigenvalue weighted by molar-refractivity contribution is 5.95. The highest BCUT2D eigenvalue weighted by Gasteiger charge is 2.47. The lowest BCUT2D eigenvalue weighted by atomic mass is 9.94. The molecule has 26 nitrogen and oxygen atoms in total. The first-order valence-corrected chi connectivity index (χ1v) is 20.6. The maximum atomic E-state index is 13.4. The standard InChI is InChI=1S/C39H60N6O20/c1-18(48)4-5-22(51)12-40-28(55)8-6-23(52)13-41-29(56)9-7-24(53)14-42-37(62)21(11-30(57)45-38-31(43-19(2)49)35(60)33(58)26(15-46)64-38)10-25(54)17-63-39-32(44-20(3)50)36(61)34(59)27(16-47)65-39/h21,26-27,31-36,38-39,46-47,58-61H,4-17H2,1-3H3,(H,40,55)(H,41,56)(H,42,62)(H,43,49)(H,44,50)(H,45,57)/t21-,26?,27?,31?,32?,33?,34?,35?,36?,38?,39?/m0/s1. The minimum atomic E-state index is -1.75. The van der Waals surface area contributed by atoms with Gasteiger partial charge in [0.05, 0.1) is 38.8 Å². The molecule has 2 aliphatic rings. The van der Waals surface area contributed by atoms with E-state index in [0.29, 0.717) is 0 Å². The van der Waals surface area contributed by atoms with Crippen LogP contribution in [0.1, 0.15) is 72.1 Å². The van der Waals surface area contributed by atoms with Crippen LogP contribution in [0.4, 0.5) is 0 Å². The molecule has 0 radical (unpaired) electrons. The van der Waals surface area contributed by atoms with E-state index in [1.165, 1.54) is 6.92 Å². The van der Waals surface area contributed by atoms with Crippen LogP contribution >= 0.6 is 0 Å². The van der Waals surface area contributed by atoms with Crippen molar-refractivity contribution in [3.8, 4) is 0 Å². The van der Waals surface area contributed by atoms with E-state index in [1.54, 1.807) is 0 Å². The molecular formula is C39H60N6O20. The van der Waals surface area contributed by atoms with E-state index in [4.69, 9.17) is 14.2 Å². The number of aliphatic hydroxyl groups excluding tert-OH is 6. The number of carbonyl (C=O) groups excluding carboxylic acids is 11. The van der Waals surface area contributed by atoms with Gasteiger partial charge < -0.3 is 81.5 Å². The zero-order valence-corrected chi connectivity index (χ0v) is 36.1. The van der Waals surface area contributed by atoms with Crippen LogP contribution in [0.2, 0.25) is 0 Å². The average Bonchev–Trinajstić information content (AvgIpc) is 3.24. The number of hydrogen-bond donors (Lipinski definition) is 12. The van der Waals surface area contributed by atoms with Gasteiger partial charge in [-0.3, -0.25) is 47.9 Å². The van der Waals surface area contributed by atoms with Gasteiger partial charge in [0.2, 0.25) is 35.4 Å². The van der Waals surface area contributed by atoms with Crippen LogP contribution in [0.25, 0.3) is 0 Å². The molecule has 11 atom stereocenters. The van der Waals surface area contributed by atoms with Crippen LogP contribution in [-0.2, 0) is 67.0 Å². The Morgan fingerprint density at radius 3 is 1.48 bits per heavy atom. The predicted octanol–water partition coefficient (Wildman–Crippen LogP) is -7.04. The van der Waals surface area contributed by atoms with Gasteiger partial charge in [-0.25, -0.2) is 0 Å².